The second-order valence-electron chi connectivity index (χ2n) is 5.90. The second kappa shape index (κ2) is 7.16. The zero-order chi connectivity index (χ0) is 18.0. The Balaban J connectivity index is 2.06. The number of nitrogens with zero attached hydrogens (tertiary/aromatic N) is 3. The second-order valence-corrected chi connectivity index (χ2v) is 5.90. The van der Waals surface area contributed by atoms with E-state index in [1.807, 2.05) is 0 Å². The number of imidazole rings is 1. The third kappa shape index (κ3) is 3.47. The van der Waals surface area contributed by atoms with Crippen LogP contribution in [0.25, 0.3) is 11.0 Å². The summed E-state index contributed by atoms with van der Waals surface area (Å²) in [4.78, 5) is 26.9. The van der Waals surface area contributed by atoms with Gasteiger partial charge in [-0.15, -0.1) is 0 Å². The van der Waals surface area contributed by atoms with Gasteiger partial charge in [0.2, 0.25) is 0 Å². The Labute approximate surface area is 144 Å². The van der Waals surface area contributed by atoms with E-state index in [-0.39, 0.29) is 24.1 Å². The number of methoxy groups -OCH3 is 1. The van der Waals surface area contributed by atoms with Gasteiger partial charge in [0.15, 0.2) is 0 Å². The van der Waals surface area contributed by atoms with E-state index in [2.05, 4.69) is 15.0 Å². The molecular weight excluding hydrogens is 328 g/mol. The van der Waals surface area contributed by atoms with Crippen LogP contribution in [0.3, 0.4) is 0 Å². The average Bonchev–Trinajstić information content (AvgIpc) is 2.95. The number of nitro groups is 1. The number of esters is 1. The number of aromatic nitrogens is 2. The van der Waals surface area contributed by atoms with Crippen LogP contribution in [-0.2, 0) is 27.7 Å². The third-order valence-electron chi connectivity index (χ3n) is 4.38. The van der Waals surface area contributed by atoms with Crippen LogP contribution in [0, 0.1) is 10.1 Å². The van der Waals surface area contributed by atoms with Gasteiger partial charge in [-0.3, -0.25) is 14.9 Å². The minimum absolute atomic E-state index is 0.0115. The highest BCUT2D eigenvalue weighted by atomic mass is 16.6. The largest absolute Gasteiger partial charge is 0.469 e. The number of carbonyl (C=O) groups is 1. The molecule has 0 aliphatic carbocycles. The van der Waals surface area contributed by atoms with Gasteiger partial charge in [0.05, 0.1) is 48.7 Å². The van der Waals surface area contributed by atoms with Crippen molar-refractivity contribution in [1.29, 1.82) is 0 Å². The van der Waals surface area contributed by atoms with Gasteiger partial charge in [0.25, 0.3) is 5.69 Å². The molecule has 0 bridgehead atoms. The Hall–Kier alpha value is -2.52. The van der Waals surface area contributed by atoms with Crippen molar-refractivity contribution in [3.05, 3.63) is 33.6 Å². The first-order valence-corrected chi connectivity index (χ1v) is 8.03. The highest BCUT2D eigenvalue weighted by Gasteiger charge is 2.24. The molecular formula is C16H20N4O5. The lowest BCUT2D eigenvalue weighted by atomic mass is 10.0. The van der Waals surface area contributed by atoms with Crippen molar-refractivity contribution in [2.45, 2.75) is 18.9 Å². The van der Waals surface area contributed by atoms with Crippen molar-refractivity contribution in [2.75, 3.05) is 26.9 Å². The zero-order valence-corrected chi connectivity index (χ0v) is 14.2. The molecule has 134 valence electrons. The molecule has 1 unspecified atom stereocenters. The van der Waals surface area contributed by atoms with Gasteiger partial charge in [-0.2, -0.15) is 0 Å². The SMILES string of the molecule is COC(=O)CCc1nc2c(C3COCCN3)cc([N+](=O)[O-])cc2n1C. The van der Waals surface area contributed by atoms with Crippen LogP contribution in [0.1, 0.15) is 23.9 Å². The highest BCUT2D eigenvalue weighted by molar-refractivity contribution is 5.83. The molecule has 2 heterocycles. The number of benzene rings is 1. The molecule has 1 atom stereocenters. The lowest BCUT2D eigenvalue weighted by Crippen LogP contribution is -2.34. The number of non-ortho nitro benzene ring substituents is 1. The minimum atomic E-state index is -0.409. The number of ether oxygens (including phenoxy) is 2. The molecule has 2 aromatic rings. The number of hydrogen-bond donors (Lipinski definition) is 1. The monoisotopic (exact) mass is 348 g/mol. The molecule has 0 saturated carbocycles. The van der Waals surface area contributed by atoms with Gasteiger partial charge >= 0.3 is 5.97 Å². The summed E-state index contributed by atoms with van der Waals surface area (Å²) in [5.41, 5.74) is 2.11. The van der Waals surface area contributed by atoms with Gasteiger partial charge in [0.1, 0.15) is 5.82 Å². The average molecular weight is 348 g/mol. The molecule has 25 heavy (non-hydrogen) atoms. The quantitative estimate of drug-likeness (QED) is 0.492. The van der Waals surface area contributed by atoms with Crippen LogP contribution in [0.4, 0.5) is 5.69 Å². The number of morpholine rings is 1. The molecule has 0 amide bonds. The van der Waals surface area contributed by atoms with Crippen molar-refractivity contribution in [3.63, 3.8) is 0 Å². The van der Waals surface area contributed by atoms with Crippen molar-refractivity contribution in [1.82, 2.24) is 14.9 Å². The van der Waals surface area contributed by atoms with E-state index in [0.29, 0.717) is 43.0 Å². The number of nitro benzene ring substituents is 1. The number of rotatable bonds is 5. The van der Waals surface area contributed by atoms with Gasteiger partial charge in [-0.25, -0.2) is 4.98 Å². The van der Waals surface area contributed by atoms with Crippen molar-refractivity contribution >= 4 is 22.7 Å². The number of nitrogens with one attached hydrogen (secondary N) is 1. The van der Waals surface area contributed by atoms with Crippen LogP contribution >= 0.6 is 0 Å². The topological polar surface area (TPSA) is 109 Å². The molecule has 1 aliphatic heterocycles. The van der Waals surface area contributed by atoms with E-state index >= 15 is 0 Å². The summed E-state index contributed by atoms with van der Waals surface area (Å²) < 4.78 is 11.9. The summed E-state index contributed by atoms with van der Waals surface area (Å²) in [6, 6.07) is 2.91. The molecule has 1 saturated heterocycles. The molecule has 1 fully saturated rings. The van der Waals surface area contributed by atoms with Crippen molar-refractivity contribution in [2.24, 2.45) is 7.05 Å². The van der Waals surface area contributed by atoms with Crippen LogP contribution in [0.5, 0.6) is 0 Å². The van der Waals surface area contributed by atoms with E-state index < -0.39 is 4.92 Å². The smallest absolute Gasteiger partial charge is 0.305 e. The highest BCUT2D eigenvalue weighted by Crippen LogP contribution is 2.31. The van der Waals surface area contributed by atoms with E-state index in [1.54, 1.807) is 17.7 Å². The molecule has 1 aromatic heterocycles. The summed E-state index contributed by atoms with van der Waals surface area (Å²) in [7, 11) is 3.13. The number of fused-ring (bicyclic) bond motifs is 1. The lowest BCUT2D eigenvalue weighted by molar-refractivity contribution is -0.384. The number of aryl methyl sites for hydroxylation is 2. The first kappa shape index (κ1) is 17.3. The predicted octanol–water partition coefficient (Wildman–Crippen LogP) is 1.25. The van der Waals surface area contributed by atoms with Crippen LogP contribution in [0.2, 0.25) is 0 Å². The number of carbonyl (C=O) groups excluding carboxylic acids is 1. The fourth-order valence-corrected chi connectivity index (χ4v) is 3.02. The van der Waals surface area contributed by atoms with Gasteiger partial charge in [-0.05, 0) is 0 Å². The van der Waals surface area contributed by atoms with E-state index in [9.17, 15) is 14.9 Å². The number of hydrogen-bond acceptors (Lipinski definition) is 7. The van der Waals surface area contributed by atoms with Crippen LogP contribution in [-0.4, -0.2) is 47.3 Å². The zero-order valence-electron chi connectivity index (χ0n) is 14.2. The molecule has 9 nitrogen and oxygen atoms in total. The normalized spacial score (nSPS) is 17.6. The van der Waals surface area contributed by atoms with Crippen LogP contribution < -0.4 is 5.32 Å². The maximum absolute atomic E-state index is 11.4. The predicted molar refractivity (Wildman–Crippen MR) is 89.3 cm³/mol. The van der Waals surface area contributed by atoms with Gasteiger partial charge in [-0.1, -0.05) is 0 Å². The molecule has 9 heteroatoms. The Bertz CT molecular complexity index is 810. The summed E-state index contributed by atoms with van der Waals surface area (Å²) in [5.74, 6) is 0.361. The maximum atomic E-state index is 11.4. The summed E-state index contributed by atoms with van der Waals surface area (Å²) in [5, 5.41) is 14.6. The standard InChI is InChI=1S/C16H20N4O5/c1-19-13-8-10(20(22)23)7-11(12-9-25-6-5-17-12)16(13)18-14(19)3-4-15(21)24-2/h7-8,12,17H,3-6,9H2,1-2H3. The molecule has 1 aliphatic rings. The van der Waals surface area contributed by atoms with Gasteiger partial charge < -0.3 is 19.4 Å². The fourth-order valence-electron chi connectivity index (χ4n) is 3.02. The van der Waals surface area contributed by atoms with Crippen molar-refractivity contribution in [3.8, 4) is 0 Å². The van der Waals surface area contributed by atoms with Gasteiger partial charge in [0, 0.05) is 37.7 Å². The first-order valence-electron chi connectivity index (χ1n) is 8.03. The summed E-state index contributed by atoms with van der Waals surface area (Å²) in [6.07, 6.45) is 0.607. The molecule has 0 spiro atoms. The minimum Gasteiger partial charge on any atom is -0.469 e. The Morgan fingerprint density at radius 1 is 1.56 bits per heavy atom. The van der Waals surface area contributed by atoms with E-state index in [4.69, 9.17) is 4.74 Å². The summed E-state index contributed by atoms with van der Waals surface area (Å²) in [6.45, 7) is 1.72. The van der Waals surface area contributed by atoms with Crippen molar-refractivity contribution < 1.29 is 19.2 Å². The molecule has 1 aromatic carbocycles. The fraction of sp³-hybridized carbons (Fsp3) is 0.500. The molecule has 3 rings (SSSR count). The van der Waals surface area contributed by atoms with E-state index in [0.717, 1.165) is 5.56 Å². The van der Waals surface area contributed by atoms with Crippen LogP contribution in [0.15, 0.2) is 12.1 Å². The first-order chi connectivity index (χ1) is 12.0. The molecule has 0 radical (unpaired) electrons. The molecule has 1 N–H and O–H groups in total. The van der Waals surface area contributed by atoms with E-state index in [1.165, 1.54) is 13.2 Å². The third-order valence-corrected chi connectivity index (χ3v) is 4.38. The Kier molecular flexibility index (Phi) is 4.95. The Morgan fingerprint density at radius 2 is 2.36 bits per heavy atom. The summed E-state index contributed by atoms with van der Waals surface area (Å²) >= 11 is 0. The lowest BCUT2D eigenvalue weighted by Gasteiger charge is -2.24. The Morgan fingerprint density at radius 3 is 3.00 bits per heavy atom. The maximum Gasteiger partial charge on any atom is 0.305 e.